The molecule has 0 heterocycles. The van der Waals surface area contributed by atoms with Crippen molar-refractivity contribution < 1.29 is 13.9 Å². The van der Waals surface area contributed by atoms with Gasteiger partial charge in [-0.05, 0) is 24.3 Å². The smallest absolute Gasteiger partial charge is 0.323 e. The summed E-state index contributed by atoms with van der Waals surface area (Å²) in [5.74, 6) is -0.102. The Bertz CT molecular complexity index is 614. The Morgan fingerprint density at radius 1 is 1.15 bits per heavy atom. The number of methoxy groups -OCH3 is 1. The van der Waals surface area contributed by atoms with Gasteiger partial charge in [0.15, 0.2) is 0 Å². The van der Waals surface area contributed by atoms with Gasteiger partial charge in [-0.15, -0.1) is 0 Å². The highest BCUT2D eigenvalue weighted by Gasteiger charge is 2.12. The quantitative estimate of drug-likeness (QED) is 0.894. The van der Waals surface area contributed by atoms with Crippen molar-refractivity contribution in [2.45, 2.75) is 0 Å². The summed E-state index contributed by atoms with van der Waals surface area (Å²) in [5, 5.41) is 5.05. The highest BCUT2D eigenvalue weighted by Crippen LogP contribution is 2.26. The third kappa shape index (κ3) is 3.19. The van der Waals surface area contributed by atoms with Crippen molar-refractivity contribution in [1.29, 1.82) is 0 Å². The van der Waals surface area contributed by atoms with E-state index in [9.17, 15) is 9.18 Å². The van der Waals surface area contributed by atoms with Crippen molar-refractivity contribution in [3.05, 3.63) is 53.3 Å². The van der Waals surface area contributed by atoms with Gasteiger partial charge in [-0.1, -0.05) is 29.8 Å². The Morgan fingerprint density at radius 3 is 2.60 bits per heavy atom. The van der Waals surface area contributed by atoms with Gasteiger partial charge in [0.2, 0.25) is 0 Å². The predicted octanol–water partition coefficient (Wildman–Crippen LogP) is 4.13. The molecule has 2 rings (SSSR count). The molecule has 4 nitrogen and oxygen atoms in total. The summed E-state index contributed by atoms with van der Waals surface area (Å²) in [4.78, 5) is 11.9. The molecule has 0 fully saturated rings. The molecule has 104 valence electrons. The molecule has 0 radical (unpaired) electrons. The third-order valence-corrected chi connectivity index (χ3v) is 2.87. The second-order valence-electron chi connectivity index (χ2n) is 3.88. The molecule has 2 aromatic carbocycles. The van der Waals surface area contributed by atoms with E-state index in [4.69, 9.17) is 16.3 Å². The lowest BCUT2D eigenvalue weighted by atomic mass is 10.3. The number of rotatable bonds is 3. The normalized spacial score (nSPS) is 9.95. The molecule has 0 aliphatic heterocycles. The lowest BCUT2D eigenvalue weighted by molar-refractivity contribution is 0.262. The molecule has 0 bridgehead atoms. The van der Waals surface area contributed by atoms with Crippen LogP contribution < -0.4 is 15.4 Å². The Labute approximate surface area is 120 Å². The van der Waals surface area contributed by atoms with E-state index in [-0.39, 0.29) is 10.7 Å². The van der Waals surface area contributed by atoms with Gasteiger partial charge in [0.25, 0.3) is 0 Å². The van der Waals surface area contributed by atoms with Crippen LogP contribution in [-0.2, 0) is 0 Å². The van der Waals surface area contributed by atoms with Crippen molar-refractivity contribution in [2.24, 2.45) is 0 Å². The van der Waals surface area contributed by atoms with Gasteiger partial charge in [0, 0.05) is 0 Å². The van der Waals surface area contributed by atoms with Crippen LogP contribution in [0, 0.1) is 5.82 Å². The summed E-state index contributed by atoms with van der Waals surface area (Å²) in [7, 11) is 1.49. The maximum absolute atomic E-state index is 13.5. The number of nitrogens with one attached hydrogen (secondary N) is 2. The van der Waals surface area contributed by atoms with Crippen LogP contribution in [0.4, 0.5) is 20.6 Å². The van der Waals surface area contributed by atoms with Crippen molar-refractivity contribution in [3.8, 4) is 5.75 Å². The summed E-state index contributed by atoms with van der Waals surface area (Å²) < 4.78 is 18.6. The fourth-order valence-corrected chi connectivity index (χ4v) is 1.84. The number of hydrogen-bond donors (Lipinski definition) is 2. The number of carbonyl (C=O) groups is 1. The van der Waals surface area contributed by atoms with Gasteiger partial charge in [-0.25, -0.2) is 9.18 Å². The van der Waals surface area contributed by atoms with E-state index in [0.29, 0.717) is 11.4 Å². The summed E-state index contributed by atoms with van der Waals surface area (Å²) in [6, 6.07) is 10.4. The van der Waals surface area contributed by atoms with Crippen LogP contribution in [0.25, 0.3) is 0 Å². The molecule has 0 saturated carbocycles. The Morgan fingerprint density at radius 2 is 1.90 bits per heavy atom. The maximum Gasteiger partial charge on any atom is 0.323 e. The number of amides is 2. The summed E-state index contributed by atoms with van der Waals surface area (Å²) in [6.45, 7) is 0. The topological polar surface area (TPSA) is 50.4 Å². The lowest BCUT2D eigenvalue weighted by Gasteiger charge is -2.12. The lowest BCUT2D eigenvalue weighted by Crippen LogP contribution is -2.20. The van der Waals surface area contributed by atoms with E-state index in [1.807, 2.05) is 0 Å². The van der Waals surface area contributed by atoms with Gasteiger partial charge in [0.1, 0.15) is 11.6 Å². The third-order valence-electron chi connectivity index (χ3n) is 2.56. The zero-order valence-electron chi connectivity index (χ0n) is 10.6. The fourth-order valence-electron chi connectivity index (χ4n) is 1.63. The number of urea groups is 1. The number of carbonyl (C=O) groups excluding carboxylic acids is 1. The van der Waals surface area contributed by atoms with Crippen molar-refractivity contribution in [3.63, 3.8) is 0 Å². The SMILES string of the molecule is COc1ccccc1NC(=O)Nc1c(F)cccc1Cl. The van der Waals surface area contributed by atoms with E-state index in [2.05, 4.69) is 10.6 Å². The Balaban J connectivity index is 2.13. The molecule has 0 saturated heterocycles. The zero-order valence-corrected chi connectivity index (χ0v) is 11.4. The zero-order chi connectivity index (χ0) is 14.5. The number of benzene rings is 2. The van der Waals surface area contributed by atoms with E-state index in [0.717, 1.165) is 0 Å². The van der Waals surface area contributed by atoms with Gasteiger partial charge >= 0.3 is 6.03 Å². The second kappa shape index (κ2) is 6.25. The first kappa shape index (κ1) is 14.1. The minimum absolute atomic E-state index is 0.0680. The molecule has 20 heavy (non-hydrogen) atoms. The number of ether oxygens (including phenoxy) is 1. The number of hydrogen-bond acceptors (Lipinski definition) is 2. The van der Waals surface area contributed by atoms with Crippen LogP contribution in [0.15, 0.2) is 42.5 Å². The van der Waals surface area contributed by atoms with E-state index >= 15 is 0 Å². The van der Waals surface area contributed by atoms with Crippen LogP contribution in [-0.4, -0.2) is 13.1 Å². The van der Waals surface area contributed by atoms with Gasteiger partial charge in [-0.2, -0.15) is 0 Å². The molecule has 0 spiro atoms. The highest BCUT2D eigenvalue weighted by molar-refractivity contribution is 6.33. The first-order valence-corrected chi connectivity index (χ1v) is 6.14. The minimum atomic E-state index is -0.610. The van der Waals surface area contributed by atoms with E-state index < -0.39 is 11.8 Å². The minimum Gasteiger partial charge on any atom is -0.495 e. The van der Waals surface area contributed by atoms with Gasteiger partial charge in [-0.3, -0.25) is 0 Å². The Hall–Kier alpha value is -2.27. The van der Waals surface area contributed by atoms with Crippen LogP contribution in [0.5, 0.6) is 5.75 Å². The molecule has 2 aromatic rings. The average Bonchev–Trinajstić information content (AvgIpc) is 2.44. The van der Waals surface area contributed by atoms with Crippen LogP contribution in [0.2, 0.25) is 5.02 Å². The second-order valence-corrected chi connectivity index (χ2v) is 4.28. The first-order chi connectivity index (χ1) is 9.61. The van der Waals surface area contributed by atoms with Crippen molar-refractivity contribution >= 4 is 29.0 Å². The number of anilines is 2. The fraction of sp³-hybridized carbons (Fsp3) is 0.0714. The van der Waals surface area contributed by atoms with Gasteiger partial charge in [0.05, 0.1) is 23.5 Å². The van der Waals surface area contributed by atoms with Crippen LogP contribution >= 0.6 is 11.6 Å². The summed E-state index contributed by atoms with van der Waals surface area (Å²) in [5.41, 5.74) is 0.404. The van der Waals surface area contributed by atoms with E-state index in [1.54, 1.807) is 24.3 Å². The van der Waals surface area contributed by atoms with Crippen LogP contribution in [0.1, 0.15) is 0 Å². The van der Waals surface area contributed by atoms with E-state index in [1.165, 1.54) is 25.3 Å². The molecule has 6 heteroatoms. The molecule has 2 N–H and O–H groups in total. The molecular formula is C14H12ClFN2O2. The van der Waals surface area contributed by atoms with Gasteiger partial charge < -0.3 is 15.4 Å². The summed E-state index contributed by atoms with van der Waals surface area (Å²) in [6.07, 6.45) is 0. The number of para-hydroxylation sites is 3. The molecule has 2 amide bonds. The molecule has 0 aromatic heterocycles. The largest absolute Gasteiger partial charge is 0.495 e. The maximum atomic E-state index is 13.5. The van der Waals surface area contributed by atoms with Crippen LogP contribution in [0.3, 0.4) is 0 Å². The van der Waals surface area contributed by atoms with Crippen molar-refractivity contribution in [2.75, 3.05) is 17.7 Å². The molecular weight excluding hydrogens is 283 g/mol. The Kier molecular flexibility index (Phi) is 4.42. The van der Waals surface area contributed by atoms with Crippen molar-refractivity contribution in [1.82, 2.24) is 0 Å². The first-order valence-electron chi connectivity index (χ1n) is 5.77. The number of halogens is 2. The molecule has 0 atom stereocenters. The standard InChI is InChI=1S/C14H12ClFN2O2/c1-20-12-8-3-2-7-11(12)17-14(19)18-13-9(15)5-4-6-10(13)16/h2-8H,1H3,(H2,17,18,19). The predicted molar refractivity (Wildman–Crippen MR) is 77.0 cm³/mol. The molecule has 0 aliphatic rings. The average molecular weight is 295 g/mol. The monoisotopic (exact) mass is 294 g/mol. The molecule has 0 aliphatic carbocycles. The highest BCUT2D eigenvalue weighted by atomic mass is 35.5. The molecule has 0 unspecified atom stereocenters. The summed E-state index contributed by atoms with van der Waals surface area (Å²) >= 11 is 5.83.